The Hall–Kier alpha value is -0.610. The average molecular weight is 280 g/mol. The molecule has 0 bridgehead atoms. The molecule has 114 valence electrons. The van der Waals surface area contributed by atoms with Crippen LogP contribution in [0.15, 0.2) is 0 Å². The van der Waals surface area contributed by atoms with Gasteiger partial charge in [0.1, 0.15) is 0 Å². The standard InChI is InChI=1S/C16H28N2O2/c1-11-8-13(10-18(11)14-6-7-14)17-9-12-4-2-3-5-15(12)16(19)20/h11-15,17H,2-10H2,1H3,(H,19,20). The monoisotopic (exact) mass is 280 g/mol. The van der Waals surface area contributed by atoms with E-state index < -0.39 is 5.97 Å². The summed E-state index contributed by atoms with van der Waals surface area (Å²) in [5, 5.41) is 13.0. The van der Waals surface area contributed by atoms with Crippen molar-refractivity contribution in [2.24, 2.45) is 11.8 Å². The zero-order valence-corrected chi connectivity index (χ0v) is 12.6. The molecule has 3 aliphatic rings. The van der Waals surface area contributed by atoms with Gasteiger partial charge in [-0.25, -0.2) is 0 Å². The quantitative estimate of drug-likeness (QED) is 0.810. The molecule has 3 fully saturated rings. The van der Waals surface area contributed by atoms with Crippen LogP contribution in [0, 0.1) is 11.8 Å². The molecule has 4 unspecified atom stereocenters. The van der Waals surface area contributed by atoms with Crippen LogP contribution in [0.2, 0.25) is 0 Å². The van der Waals surface area contributed by atoms with E-state index in [1.165, 1.54) is 25.7 Å². The number of hydrogen-bond donors (Lipinski definition) is 2. The maximum Gasteiger partial charge on any atom is 0.306 e. The molecule has 1 saturated heterocycles. The molecule has 20 heavy (non-hydrogen) atoms. The van der Waals surface area contributed by atoms with Gasteiger partial charge in [-0.15, -0.1) is 0 Å². The van der Waals surface area contributed by atoms with Crippen LogP contribution in [-0.2, 0) is 4.79 Å². The second kappa shape index (κ2) is 6.02. The van der Waals surface area contributed by atoms with Crippen molar-refractivity contribution in [1.82, 2.24) is 10.2 Å². The highest BCUT2D eigenvalue weighted by atomic mass is 16.4. The first-order valence-electron chi connectivity index (χ1n) is 8.37. The number of carbonyl (C=O) groups is 1. The number of hydrogen-bond acceptors (Lipinski definition) is 3. The van der Waals surface area contributed by atoms with Crippen molar-refractivity contribution in [3.05, 3.63) is 0 Å². The summed E-state index contributed by atoms with van der Waals surface area (Å²) in [4.78, 5) is 14.0. The third-order valence-corrected chi connectivity index (χ3v) is 5.53. The topological polar surface area (TPSA) is 52.6 Å². The molecular weight excluding hydrogens is 252 g/mol. The smallest absolute Gasteiger partial charge is 0.306 e. The Morgan fingerprint density at radius 1 is 1.25 bits per heavy atom. The second-order valence-electron chi connectivity index (χ2n) is 7.11. The Kier molecular flexibility index (Phi) is 4.32. The van der Waals surface area contributed by atoms with Crippen molar-refractivity contribution in [2.75, 3.05) is 13.1 Å². The van der Waals surface area contributed by atoms with Crippen LogP contribution in [0.5, 0.6) is 0 Å². The van der Waals surface area contributed by atoms with Crippen LogP contribution in [0.25, 0.3) is 0 Å². The van der Waals surface area contributed by atoms with E-state index in [1.54, 1.807) is 0 Å². The maximum absolute atomic E-state index is 11.3. The van der Waals surface area contributed by atoms with Gasteiger partial charge in [-0.1, -0.05) is 12.8 Å². The fraction of sp³-hybridized carbons (Fsp3) is 0.938. The van der Waals surface area contributed by atoms with E-state index in [0.717, 1.165) is 38.4 Å². The first-order valence-corrected chi connectivity index (χ1v) is 8.37. The van der Waals surface area contributed by atoms with Crippen molar-refractivity contribution in [3.63, 3.8) is 0 Å². The zero-order chi connectivity index (χ0) is 14.1. The van der Waals surface area contributed by atoms with Gasteiger partial charge in [-0.2, -0.15) is 0 Å². The summed E-state index contributed by atoms with van der Waals surface area (Å²) < 4.78 is 0. The highest BCUT2D eigenvalue weighted by Gasteiger charge is 2.39. The van der Waals surface area contributed by atoms with Crippen LogP contribution in [-0.4, -0.2) is 47.2 Å². The van der Waals surface area contributed by atoms with Crippen LogP contribution in [0.4, 0.5) is 0 Å². The summed E-state index contributed by atoms with van der Waals surface area (Å²) in [6.45, 7) is 4.39. The van der Waals surface area contributed by atoms with E-state index in [4.69, 9.17) is 0 Å². The van der Waals surface area contributed by atoms with Gasteiger partial charge < -0.3 is 10.4 Å². The van der Waals surface area contributed by atoms with Gasteiger partial charge in [0.25, 0.3) is 0 Å². The molecule has 0 radical (unpaired) electrons. The minimum Gasteiger partial charge on any atom is -0.481 e. The summed E-state index contributed by atoms with van der Waals surface area (Å²) in [5.74, 6) is -0.364. The van der Waals surface area contributed by atoms with Gasteiger partial charge in [0.15, 0.2) is 0 Å². The zero-order valence-electron chi connectivity index (χ0n) is 12.6. The summed E-state index contributed by atoms with van der Waals surface area (Å²) in [6, 6.07) is 2.11. The SMILES string of the molecule is CC1CC(NCC2CCCCC2C(=O)O)CN1C1CC1. The molecule has 0 spiro atoms. The summed E-state index contributed by atoms with van der Waals surface area (Å²) >= 11 is 0. The minimum atomic E-state index is -0.587. The van der Waals surface area contributed by atoms with Crippen LogP contribution in [0.1, 0.15) is 51.9 Å². The molecule has 4 nitrogen and oxygen atoms in total. The van der Waals surface area contributed by atoms with E-state index in [1.807, 2.05) is 0 Å². The molecule has 0 amide bonds. The molecule has 0 aromatic heterocycles. The Balaban J connectivity index is 1.47. The van der Waals surface area contributed by atoms with E-state index in [9.17, 15) is 9.90 Å². The highest BCUT2D eigenvalue weighted by Crippen LogP contribution is 2.34. The Bertz CT molecular complexity index is 356. The van der Waals surface area contributed by atoms with Gasteiger partial charge in [0.2, 0.25) is 0 Å². The summed E-state index contributed by atoms with van der Waals surface area (Å²) in [5.41, 5.74) is 0. The Labute approximate surface area is 121 Å². The first kappa shape index (κ1) is 14.3. The molecule has 4 atom stereocenters. The van der Waals surface area contributed by atoms with Crippen molar-refractivity contribution >= 4 is 5.97 Å². The van der Waals surface area contributed by atoms with Gasteiger partial charge in [0, 0.05) is 24.7 Å². The molecule has 1 aliphatic heterocycles. The number of nitrogens with one attached hydrogen (secondary N) is 1. The molecule has 2 N–H and O–H groups in total. The van der Waals surface area contributed by atoms with Gasteiger partial charge in [0.05, 0.1) is 5.92 Å². The summed E-state index contributed by atoms with van der Waals surface area (Å²) in [6.07, 6.45) is 8.22. The fourth-order valence-electron chi connectivity index (χ4n) is 4.21. The molecule has 3 rings (SSSR count). The predicted octanol–water partition coefficient (Wildman–Crippen LogP) is 2.09. The van der Waals surface area contributed by atoms with Gasteiger partial charge >= 0.3 is 5.97 Å². The lowest BCUT2D eigenvalue weighted by atomic mass is 9.79. The molecule has 1 heterocycles. The third-order valence-electron chi connectivity index (χ3n) is 5.53. The largest absolute Gasteiger partial charge is 0.481 e. The average Bonchev–Trinajstić information content (AvgIpc) is 3.20. The van der Waals surface area contributed by atoms with Crippen molar-refractivity contribution < 1.29 is 9.90 Å². The number of carboxylic acids is 1. The van der Waals surface area contributed by atoms with Crippen molar-refractivity contribution in [2.45, 2.75) is 70.0 Å². The van der Waals surface area contributed by atoms with E-state index in [-0.39, 0.29) is 5.92 Å². The number of nitrogens with zero attached hydrogens (tertiary/aromatic N) is 1. The van der Waals surface area contributed by atoms with Crippen LogP contribution < -0.4 is 5.32 Å². The number of aliphatic carboxylic acids is 1. The lowest BCUT2D eigenvalue weighted by molar-refractivity contribution is -0.144. The van der Waals surface area contributed by atoms with Crippen molar-refractivity contribution in [1.29, 1.82) is 0 Å². The highest BCUT2D eigenvalue weighted by molar-refractivity contribution is 5.70. The van der Waals surface area contributed by atoms with Gasteiger partial charge in [-0.3, -0.25) is 9.69 Å². The van der Waals surface area contributed by atoms with E-state index >= 15 is 0 Å². The fourth-order valence-corrected chi connectivity index (χ4v) is 4.21. The molecule has 0 aromatic rings. The lowest BCUT2D eigenvalue weighted by Gasteiger charge is -2.29. The van der Waals surface area contributed by atoms with E-state index in [0.29, 0.717) is 18.0 Å². The molecule has 2 saturated carbocycles. The number of likely N-dealkylation sites (tertiary alicyclic amines) is 1. The van der Waals surface area contributed by atoms with Gasteiger partial charge in [-0.05, 0) is 51.5 Å². The lowest BCUT2D eigenvalue weighted by Crippen LogP contribution is -2.40. The minimum absolute atomic E-state index is 0.116. The Morgan fingerprint density at radius 2 is 2.00 bits per heavy atom. The molecular formula is C16H28N2O2. The summed E-state index contributed by atoms with van der Waals surface area (Å²) in [7, 11) is 0. The normalized spacial score (nSPS) is 39.0. The molecule has 4 heteroatoms. The van der Waals surface area contributed by atoms with Crippen LogP contribution in [0.3, 0.4) is 0 Å². The third kappa shape index (κ3) is 3.17. The molecule has 0 aromatic carbocycles. The van der Waals surface area contributed by atoms with E-state index in [2.05, 4.69) is 17.1 Å². The predicted molar refractivity (Wildman–Crippen MR) is 78.7 cm³/mol. The molecule has 2 aliphatic carbocycles. The first-order chi connectivity index (χ1) is 9.65. The number of carboxylic acid groups (broad SMARTS) is 1. The number of rotatable bonds is 5. The maximum atomic E-state index is 11.3. The Morgan fingerprint density at radius 3 is 2.70 bits per heavy atom. The second-order valence-corrected chi connectivity index (χ2v) is 7.11. The van der Waals surface area contributed by atoms with Crippen LogP contribution >= 0.6 is 0 Å². The van der Waals surface area contributed by atoms with Crippen molar-refractivity contribution in [3.8, 4) is 0 Å².